The van der Waals surface area contributed by atoms with E-state index < -0.39 is 29.6 Å². The van der Waals surface area contributed by atoms with E-state index in [9.17, 15) is 14.7 Å². The Bertz CT molecular complexity index is 766. The van der Waals surface area contributed by atoms with Crippen LogP contribution in [0.15, 0.2) is 18.2 Å². The average molecular weight is 463 g/mol. The van der Waals surface area contributed by atoms with Crippen LogP contribution in [0.1, 0.15) is 108 Å². The van der Waals surface area contributed by atoms with Crippen LogP contribution in [0.5, 0.6) is 5.75 Å². The van der Waals surface area contributed by atoms with Crippen molar-refractivity contribution in [3.63, 3.8) is 0 Å². The molecule has 1 aromatic carbocycles. The van der Waals surface area contributed by atoms with Crippen molar-refractivity contribution in [3.8, 4) is 5.75 Å². The van der Waals surface area contributed by atoms with Crippen LogP contribution in [-0.2, 0) is 19.9 Å². The van der Waals surface area contributed by atoms with Crippen LogP contribution in [0.25, 0.3) is 0 Å². The number of rotatable bonds is 15. The van der Waals surface area contributed by atoms with Gasteiger partial charge >= 0.3 is 11.9 Å². The van der Waals surface area contributed by atoms with Crippen LogP contribution < -0.4 is 4.74 Å². The maximum absolute atomic E-state index is 12.6. The van der Waals surface area contributed by atoms with Crippen LogP contribution >= 0.6 is 0 Å². The van der Waals surface area contributed by atoms with Crippen molar-refractivity contribution >= 4 is 11.9 Å². The molecule has 2 rings (SSSR count). The number of aliphatic hydroxyl groups excluding tert-OH is 1. The molecule has 0 aliphatic carbocycles. The van der Waals surface area contributed by atoms with Gasteiger partial charge in [0, 0.05) is 5.56 Å². The zero-order valence-electron chi connectivity index (χ0n) is 20.9. The first kappa shape index (κ1) is 27.2. The fraction of sp³-hybridized carbons (Fsp3) is 0.704. The van der Waals surface area contributed by atoms with Crippen molar-refractivity contribution in [2.45, 2.75) is 97.5 Å². The van der Waals surface area contributed by atoms with Gasteiger partial charge in [0.15, 0.2) is 5.60 Å². The van der Waals surface area contributed by atoms with Crippen LogP contribution in [0.4, 0.5) is 0 Å². The molecular weight excluding hydrogens is 420 g/mol. The molecule has 0 unspecified atom stereocenters. The number of carbonyl (C=O) groups is 2. The second kappa shape index (κ2) is 13.0. The lowest BCUT2D eigenvalue weighted by Crippen LogP contribution is -2.38. The molecule has 1 aromatic rings. The maximum atomic E-state index is 12.6. The third kappa shape index (κ3) is 7.73. The molecule has 0 fully saturated rings. The summed E-state index contributed by atoms with van der Waals surface area (Å²) < 4.78 is 16.8. The summed E-state index contributed by atoms with van der Waals surface area (Å²) in [5.41, 5.74) is -1.28. The number of cyclic esters (lactones) is 1. The van der Waals surface area contributed by atoms with Crippen molar-refractivity contribution in [2.75, 3.05) is 19.8 Å². The molecule has 1 aliphatic rings. The lowest BCUT2D eigenvalue weighted by Gasteiger charge is -2.27. The Labute approximate surface area is 199 Å². The molecular formula is C27H42O6. The number of fused-ring (bicyclic) bond motifs is 1. The van der Waals surface area contributed by atoms with E-state index in [4.69, 9.17) is 14.2 Å². The number of benzene rings is 1. The van der Waals surface area contributed by atoms with Gasteiger partial charge in [-0.1, -0.05) is 76.8 Å². The molecule has 1 N–H and O–H groups in total. The first-order chi connectivity index (χ1) is 15.7. The molecule has 33 heavy (non-hydrogen) atoms. The van der Waals surface area contributed by atoms with E-state index >= 15 is 0 Å². The number of carbonyl (C=O) groups excluding carboxylic acids is 2. The molecule has 6 nitrogen and oxygen atoms in total. The predicted octanol–water partition coefficient (Wildman–Crippen LogP) is 5.93. The number of aliphatic hydroxyl groups is 1. The molecule has 1 heterocycles. The number of ether oxygens (including phenoxy) is 3. The third-order valence-corrected chi connectivity index (χ3v) is 6.07. The Hall–Kier alpha value is -2.08. The molecule has 0 amide bonds. The molecule has 1 aliphatic heterocycles. The van der Waals surface area contributed by atoms with Gasteiger partial charge in [0.1, 0.15) is 17.9 Å². The van der Waals surface area contributed by atoms with Crippen molar-refractivity contribution in [1.82, 2.24) is 0 Å². The van der Waals surface area contributed by atoms with Crippen molar-refractivity contribution in [3.05, 3.63) is 29.3 Å². The monoisotopic (exact) mass is 462 g/mol. The van der Waals surface area contributed by atoms with E-state index in [-0.39, 0.29) is 6.61 Å². The summed E-state index contributed by atoms with van der Waals surface area (Å²) in [7, 11) is 0. The summed E-state index contributed by atoms with van der Waals surface area (Å²) in [6, 6.07) is 5.23. The third-order valence-electron chi connectivity index (χ3n) is 6.07. The van der Waals surface area contributed by atoms with Gasteiger partial charge in [0.25, 0.3) is 0 Å². The van der Waals surface area contributed by atoms with E-state index in [0.717, 1.165) is 12.8 Å². The zero-order chi connectivity index (χ0) is 24.3. The first-order valence-corrected chi connectivity index (χ1v) is 12.5. The summed E-state index contributed by atoms with van der Waals surface area (Å²) >= 11 is 0. The highest BCUT2D eigenvalue weighted by Gasteiger charge is 2.48. The van der Waals surface area contributed by atoms with Gasteiger partial charge in [-0.15, -0.1) is 0 Å². The highest BCUT2D eigenvalue weighted by atomic mass is 16.6. The van der Waals surface area contributed by atoms with Crippen molar-refractivity contribution in [1.29, 1.82) is 0 Å². The van der Waals surface area contributed by atoms with Gasteiger partial charge in [-0.3, -0.25) is 4.79 Å². The van der Waals surface area contributed by atoms with E-state index in [1.165, 1.54) is 51.4 Å². The average Bonchev–Trinajstić information content (AvgIpc) is 3.08. The zero-order valence-corrected chi connectivity index (χ0v) is 20.9. The Kier molecular flexibility index (Phi) is 10.7. The smallest absolute Gasteiger partial charge is 0.343 e. The molecule has 0 spiro atoms. The van der Waals surface area contributed by atoms with Gasteiger partial charge in [-0.25, -0.2) is 4.79 Å². The molecule has 186 valence electrons. The molecule has 0 saturated heterocycles. The van der Waals surface area contributed by atoms with Gasteiger partial charge in [0.05, 0.1) is 18.6 Å². The second-order valence-corrected chi connectivity index (χ2v) is 10.1. The summed E-state index contributed by atoms with van der Waals surface area (Å²) in [6.45, 7) is 7.28. The van der Waals surface area contributed by atoms with Crippen LogP contribution in [-0.4, -0.2) is 36.9 Å². The highest BCUT2D eigenvalue weighted by molar-refractivity contribution is 5.97. The highest BCUT2D eigenvalue weighted by Crippen LogP contribution is 2.41. The number of hydrogen-bond donors (Lipinski definition) is 1. The number of esters is 2. The molecule has 0 radical (unpaired) electrons. The Morgan fingerprint density at radius 1 is 1.00 bits per heavy atom. The lowest BCUT2D eigenvalue weighted by molar-refractivity contribution is -0.163. The van der Waals surface area contributed by atoms with Gasteiger partial charge < -0.3 is 19.3 Å². The molecule has 0 bridgehead atoms. The lowest BCUT2D eigenvalue weighted by atomic mass is 9.92. The molecule has 1 atom stereocenters. The van der Waals surface area contributed by atoms with E-state index in [0.29, 0.717) is 23.5 Å². The number of unbranched alkanes of at least 4 members (excludes halogenated alkanes) is 9. The van der Waals surface area contributed by atoms with Gasteiger partial charge in [0.2, 0.25) is 0 Å². The fourth-order valence-electron chi connectivity index (χ4n) is 3.97. The second-order valence-electron chi connectivity index (χ2n) is 10.1. The quantitative estimate of drug-likeness (QED) is 0.257. The SMILES string of the molecule is CCCCCCCCCCCCOc1cccc2c1C(=O)O[C@@]2(CO)COC(=O)C(C)(C)C. The summed E-state index contributed by atoms with van der Waals surface area (Å²) in [5.74, 6) is -0.538. The van der Waals surface area contributed by atoms with E-state index in [1.54, 1.807) is 39.0 Å². The molecule has 0 aromatic heterocycles. The molecule has 6 heteroatoms. The minimum absolute atomic E-state index is 0.236. The predicted molar refractivity (Wildman–Crippen MR) is 128 cm³/mol. The molecule has 0 saturated carbocycles. The van der Waals surface area contributed by atoms with Crippen molar-refractivity contribution in [2.24, 2.45) is 5.41 Å². The Morgan fingerprint density at radius 2 is 1.61 bits per heavy atom. The van der Waals surface area contributed by atoms with Gasteiger partial charge in [-0.05, 0) is 33.3 Å². The summed E-state index contributed by atoms with van der Waals surface area (Å²) in [5, 5.41) is 10.1. The Morgan fingerprint density at radius 3 is 2.18 bits per heavy atom. The van der Waals surface area contributed by atoms with E-state index in [1.807, 2.05) is 0 Å². The van der Waals surface area contributed by atoms with Crippen LogP contribution in [0.2, 0.25) is 0 Å². The minimum Gasteiger partial charge on any atom is -0.493 e. The summed E-state index contributed by atoms with van der Waals surface area (Å²) in [4.78, 5) is 24.8. The maximum Gasteiger partial charge on any atom is 0.343 e. The van der Waals surface area contributed by atoms with Crippen LogP contribution in [0, 0.1) is 5.41 Å². The minimum atomic E-state index is -1.40. The van der Waals surface area contributed by atoms with Gasteiger partial charge in [-0.2, -0.15) is 0 Å². The van der Waals surface area contributed by atoms with E-state index in [2.05, 4.69) is 6.92 Å². The Balaban J connectivity index is 1.85. The normalized spacial score (nSPS) is 17.5. The van der Waals surface area contributed by atoms with Crippen LogP contribution in [0.3, 0.4) is 0 Å². The first-order valence-electron chi connectivity index (χ1n) is 12.5. The number of hydrogen-bond acceptors (Lipinski definition) is 6. The van der Waals surface area contributed by atoms with Crippen molar-refractivity contribution < 1.29 is 28.9 Å². The largest absolute Gasteiger partial charge is 0.493 e. The summed E-state index contributed by atoms with van der Waals surface area (Å²) in [6.07, 6.45) is 12.4. The standard InChI is InChI=1S/C27H42O6/c1-5-6-7-8-9-10-11-12-13-14-18-31-22-17-15-16-21-23(22)24(29)33-27(21,19-28)20-32-25(30)26(2,3)4/h15-17,28H,5-14,18-20H2,1-4H3/t27-/m0/s1. The fourth-order valence-corrected chi connectivity index (χ4v) is 3.97. The topological polar surface area (TPSA) is 82.1 Å².